The van der Waals surface area contributed by atoms with Crippen LogP contribution in [0.1, 0.15) is 47.2 Å². The van der Waals surface area contributed by atoms with E-state index >= 15 is 0 Å². The Labute approximate surface area is 169 Å². The fraction of sp³-hybridized carbons (Fsp3) is 0.476. The molecule has 1 aliphatic heterocycles. The van der Waals surface area contributed by atoms with Crippen molar-refractivity contribution in [3.8, 4) is 0 Å². The number of thiazole rings is 1. The number of aromatic nitrogens is 3. The van der Waals surface area contributed by atoms with Crippen LogP contribution >= 0.6 is 11.3 Å². The first-order chi connectivity index (χ1) is 13.3. The molecule has 7 heteroatoms. The highest BCUT2D eigenvalue weighted by Crippen LogP contribution is 2.32. The Kier molecular flexibility index (Phi) is 4.87. The van der Waals surface area contributed by atoms with Gasteiger partial charge in [0.1, 0.15) is 5.69 Å². The average Bonchev–Trinajstić information content (AvgIpc) is 3.28. The predicted octanol–water partition coefficient (Wildman–Crippen LogP) is 3.96. The summed E-state index contributed by atoms with van der Waals surface area (Å²) < 4.78 is 3.07. The SMILES string of the molecule is Cc1cc(C(=O)N2CCN(c3nc4c(C)c(C)ccc4s3)CC2)n(C(C)C)n1. The molecule has 2 aromatic heterocycles. The van der Waals surface area contributed by atoms with Crippen LogP contribution < -0.4 is 4.90 Å². The quantitative estimate of drug-likeness (QED) is 0.671. The minimum Gasteiger partial charge on any atom is -0.345 e. The third-order valence-corrected chi connectivity index (χ3v) is 6.56. The number of benzene rings is 1. The Balaban J connectivity index is 1.49. The first kappa shape index (κ1) is 18.9. The maximum atomic E-state index is 13.0. The second-order valence-corrected chi connectivity index (χ2v) is 8.85. The summed E-state index contributed by atoms with van der Waals surface area (Å²) in [6, 6.07) is 6.39. The topological polar surface area (TPSA) is 54.3 Å². The van der Waals surface area contributed by atoms with Gasteiger partial charge in [0.25, 0.3) is 5.91 Å². The molecule has 0 atom stereocenters. The molecule has 0 spiro atoms. The van der Waals surface area contributed by atoms with Crippen molar-refractivity contribution < 1.29 is 4.79 Å². The van der Waals surface area contributed by atoms with Gasteiger partial charge in [-0.3, -0.25) is 9.48 Å². The van der Waals surface area contributed by atoms with Crippen molar-refractivity contribution in [3.63, 3.8) is 0 Å². The van der Waals surface area contributed by atoms with E-state index in [1.165, 1.54) is 15.8 Å². The molecule has 3 aromatic rings. The summed E-state index contributed by atoms with van der Waals surface area (Å²) >= 11 is 1.74. The van der Waals surface area contributed by atoms with E-state index in [-0.39, 0.29) is 11.9 Å². The highest BCUT2D eigenvalue weighted by atomic mass is 32.1. The number of carbonyl (C=O) groups is 1. The second-order valence-electron chi connectivity index (χ2n) is 7.84. The van der Waals surface area contributed by atoms with Crippen LogP contribution in [-0.4, -0.2) is 51.8 Å². The van der Waals surface area contributed by atoms with Crippen LogP contribution in [0.25, 0.3) is 10.2 Å². The minimum atomic E-state index is 0.0738. The molecule has 0 N–H and O–H groups in total. The second kappa shape index (κ2) is 7.20. The zero-order valence-electron chi connectivity index (χ0n) is 17.2. The maximum Gasteiger partial charge on any atom is 0.272 e. The maximum absolute atomic E-state index is 13.0. The third-order valence-electron chi connectivity index (χ3n) is 5.48. The number of piperazine rings is 1. The van der Waals surface area contributed by atoms with E-state index in [4.69, 9.17) is 4.98 Å². The van der Waals surface area contributed by atoms with Crippen molar-refractivity contribution >= 4 is 32.6 Å². The number of nitrogens with zero attached hydrogens (tertiary/aromatic N) is 5. The minimum absolute atomic E-state index is 0.0738. The third kappa shape index (κ3) is 3.28. The first-order valence-corrected chi connectivity index (χ1v) is 10.6. The summed E-state index contributed by atoms with van der Waals surface area (Å²) in [7, 11) is 0. The summed E-state index contributed by atoms with van der Waals surface area (Å²) in [5, 5.41) is 5.53. The number of hydrogen-bond acceptors (Lipinski definition) is 5. The molecule has 1 saturated heterocycles. The molecule has 28 heavy (non-hydrogen) atoms. The van der Waals surface area contributed by atoms with Gasteiger partial charge in [-0.15, -0.1) is 0 Å². The van der Waals surface area contributed by atoms with Crippen LogP contribution in [0.3, 0.4) is 0 Å². The zero-order valence-corrected chi connectivity index (χ0v) is 18.0. The standard InChI is InChI=1S/C21H27N5OS/c1-13(2)26-17(12-15(4)23-26)20(27)24-8-10-25(11-9-24)21-22-19-16(5)14(3)6-7-18(19)28-21/h6-7,12-13H,8-11H2,1-5H3. The molecule has 1 amide bonds. The molecule has 0 radical (unpaired) electrons. The number of hydrogen-bond donors (Lipinski definition) is 0. The van der Waals surface area contributed by atoms with E-state index in [1.807, 2.05) is 22.6 Å². The molecular formula is C21H27N5OS. The average molecular weight is 398 g/mol. The highest BCUT2D eigenvalue weighted by Gasteiger charge is 2.27. The number of carbonyl (C=O) groups excluding carboxylic acids is 1. The van der Waals surface area contributed by atoms with Crippen molar-refractivity contribution in [2.75, 3.05) is 31.1 Å². The van der Waals surface area contributed by atoms with E-state index in [2.05, 4.69) is 49.8 Å². The lowest BCUT2D eigenvalue weighted by Gasteiger charge is -2.34. The monoisotopic (exact) mass is 397 g/mol. The molecular weight excluding hydrogens is 370 g/mol. The lowest BCUT2D eigenvalue weighted by molar-refractivity contribution is 0.0732. The summed E-state index contributed by atoms with van der Waals surface area (Å²) in [5.74, 6) is 0.0738. The van der Waals surface area contributed by atoms with E-state index in [0.29, 0.717) is 18.8 Å². The summed E-state index contributed by atoms with van der Waals surface area (Å²) in [6.45, 7) is 13.3. The van der Waals surface area contributed by atoms with Gasteiger partial charge < -0.3 is 9.80 Å². The molecule has 148 valence electrons. The zero-order chi connectivity index (χ0) is 20.0. The fourth-order valence-electron chi connectivity index (χ4n) is 3.68. The summed E-state index contributed by atoms with van der Waals surface area (Å²) in [4.78, 5) is 22.2. The van der Waals surface area contributed by atoms with Crippen LogP contribution in [0.5, 0.6) is 0 Å². The van der Waals surface area contributed by atoms with Gasteiger partial charge in [-0.25, -0.2) is 4.98 Å². The van der Waals surface area contributed by atoms with Gasteiger partial charge in [-0.2, -0.15) is 5.10 Å². The van der Waals surface area contributed by atoms with Crippen molar-refractivity contribution in [1.82, 2.24) is 19.7 Å². The highest BCUT2D eigenvalue weighted by molar-refractivity contribution is 7.22. The molecule has 6 nitrogen and oxygen atoms in total. The Morgan fingerprint density at radius 2 is 1.82 bits per heavy atom. The molecule has 0 bridgehead atoms. The predicted molar refractivity (Wildman–Crippen MR) is 115 cm³/mol. The molecule has 0 aliphatic carbocycles. The first-order valence-electron chi connectivity index (χ1n) is 9.82. The summed E-state index contributed by atoms with van der Waals surface area (Å²) in [6.07, 6.45) is 0. The van der Waals surface area contributed by atoms with E-state index in [9.17, 15) is 4.79 Å². The van der Waals surface area contributed by atoms with Crippen LogP contribution in [0.15, 0.2) is 18.2 Å². The van der Waals surface area contributed by atoms with Crippen LogP contribution in [0.4, 0.5) is 5.13 Å². The molecule has 0 saturated carbocycles. The van der Waals surface area contributed by atoms with Crippen molar-refractivity contribution in [1.29, 1.82) is 0 Å². The molecule has 3 heterocycles. The molecule has 1 aliphatic rings. The fourth-order valence-corrected chi connectivity index (χ4v) is 4.76. The van der Waals surface area contributed by atoms with E-state index in [0.717, 1.165) is 29.4 Å². The van der Waals surface area contributed by atoms with Crippen molar-refractivity contribution in [3.05, 3.63) is 40.7 Å². The van der Waals surface area contributed by atoms with Gasteiger partial charge in [0.05, 0.1) is 15.9 Å². The van der Waals surface area contributed by atoms with Crippen LogP contribution in [0.2, 0.25) is 0 Å². The molecule has 0 unspecified atom stereocenters. The summed E-state index contributed by atoms with van der Waals surface area (Å²) in [5.41, 5.74) is 5.21. The van der Waals surface area contributed by atoms with E-state index < -0.39 is 0 Å². The van der Waals surface area contributed by atoms with Gasteiger partial charge in [-0.1, -0.05) is 17.4 Å². The van der Waals surface area contributed by atoms with Crippen LogP contribution in [0, 0.1) is 20.8 Å². The van der Waals surface area contributed by atoms with Gasteiger partial charge in [0, 0.05) is 32.2 Å². The number of amides is 1. The Hall–Kier alpha value is -2.41. The largest absolute Gasteiger partial charge is 0.345 e. The van der Waals surface area contributed by atoms with Gasteiger partial charge in [0.15, 0.2) is 5.13 Å². The van der Waals surface area contributed by atoms with Crippen molar-refractivity contribution in [2.24, 2.45) is 0 Å². The molecule has 1 fully saturated rings. The lowest BCUT2D eigenvalue weighted by atomic mass is 10.1. The number of rotatable bonds is 3. The normalized spacial score (nSPS) is 15.1. The number of fused-ring (bicyclic) bond motifs is 1. The molecule has 4 rings (SSSR count). The Bertz CT molecular complexity index is 1030. The Morgan fingerprint density at radius 3 is 2.50 bits per heavy atom. The van der Waals surface area contributed by atoms with Gasteiger partial charge in [0.2, 0.25) is 0 Å². The van der Waals surface area contributed by atoms with Gasteiger partial charge in [-0.05, 0) is 57.9 Å². The Morgan fingerprint density at radius 1 is 1.11 bits per heavy atom. The van der Waals surface area contributed by atoms with E-state index in [1.54, 1.807) is 11.3 Å². The number of aryl methyl sites for hydroxylation is 3. The van der Waals surface area contributed by atoms with Crippen molar-refractivity contribution in [2.45, 2.75) is 40.7 Å². The lowest BCUT2D eigenvalue weighted by Crippen LogP contribution is -2.49. The molecule has 1 aromatic carbocycles. The number of anilines is 1. The van der Waals surface area contributed by atoms with Gasteiger partial charge >= 0.3 is 0 Å². The smallest absolute Gasteiger partial charge is 0.272 e. The van der Waals surface area contributed by atoms with Crippen LogP contribution in [-0.2, 0) is 0 Å².